The van der Waals surface area contributed by atoms with E-state index in [0.717, 1.165) is 40.4 Å². The zero-order valence-corrected chi connectivity index (χ0v) is 12.5. The molecule has 0 heterocycles. The summed E-state index contributed by atoms with van der Waals surface area (Å²) in [6, 6.07) is 0. The predicted octanol–water partition coefficient (Wildman–Crippen LogP) is 5.28. The molecule has 2 spiro atoms. The molecule has 0 nitrogen and oxygen atoms in total. The Morgan fingerprint density at radius 1 is 0.833 bits per heavy atom. The normalized spacial score (nSPS) is 59.2. The summed E-state index contributed by atoms with van der Waals surface area (Å²) >= 11 is 0. The maximum Gasteiger partial charge on any atom is -0.0209 e. The lowest BCUT2D eigenvalue weighted by Gasteiger charge is -2.01. The molecule has 0 aromatic rings. The highest BCUT2D eigenvalue weighted by Gasteiger charge is 2.73. The molecule has 4 aliphatic rings. The molecule has 0 N–H and O–H groups in total. The Kier molecular flexibility index (Phi) is 2.33. The third kappa shape index (κ3) is 1.50. The molecule has 0 amide bonds. The minimum absolute atomic E-state index is 0.879. The summed E-state index contributed by atoms with van der Waals surface area (Å²) in [5, 5.41) is 0. The van der Waals surface area contributed by atoms with Gasteiger partial charge in [-0.25, -0.2) is 0 Å². The van der Waals surface area contributed by atoms with Crippen molar-refractivity contribution in [3.63, 3.8) is 0 Å². The van der Waals surface area contributed by atoms with Crippen LogP contribution in [0.2, 0.25) is 0 Å². The molecule has 4 saturated carbocycles. The molecule has 0 radical (unpaired) electrons. The number of rotatable bonds is 6. The largest absolute Gasteiger partial charge is 0.0619 e. The Morgan fingerprint density at radius 3 is 2.00 bits per heavy atom. The van der Waals surface area contributed by atoms with Crippen LogP contribution in [0.3, 0.4) is 0 Å². The second-order valence-electron chi connectivity index (χ2n) is 8.49. The van der Waals surface area contributed by atoms with Crippen molar-refractivity contribution in [1.29, 1.82) is 0 Å². The molecule has 0 aromatic carbocycles. The number of hydrogen-bond donors (Lipinski definition) is 0. The van der Waals surface area contributed by atoms with Crippen molar-refractivity contribution in [2.24, 2.45) is 40.4 Å². The van der Waals surface area contributed by atoms with E-state index in [0.29, 0.717) is 0 Å². The van der Waals surface area contributed by atoms with Crippen LogP contribution < -0.4 is 0 Å². The fourth-order valence-electron chi connectivity index (χ4n) is 5.98. The minimum Gasteiger partial charge on any atom is -0.0619 e. The maximum atomic E-state index is 2.51. The van der Waals surface area contributed by atoms with Crippen LogP contribution in [-0.2, 0) is 0 Å². The van der Waals surface area contributed by atoms with Crippen LogP contribution in [0.1, 0.15) is 72.1 Å². The van der Waals surface area contributed by atoms with E-state index in [-0.39, 0.29) is 0 Å². The van der Waals surface area contributed by atoms with E-state index in [4.69, 9.17) is 0 Å². The fourth-order valence-corrected chi connectivity index (χ4v) is 5.98. The molecular formula is C18H30. The highest BCUT2D eigenvalue weighted by atomic mass is 14.8. The third-order valence-electron chi connectivity index (χ3n) is 7.80. The zero-order chi connectivity index (χ0) is 12.5. The molecule has 4 rings (SSSR count). The Bertz CT molecular complexity index is 359. The maximum absolute atomic E-state index is 2.51. The van der Waals surface area contributed by atoms with E-state index >= 15 is 0 Å². The molecular weight excluding hydrogens is 216 g/mol. The summed E-state index contributed by atoms with van der Waals surface area (Å²) in [5.41, 5.74) is 1.79. The molecule has 0 aromatic heterocycles. The van der Waals surface area contributed by atoms with Gasteiger partial charge in [-0.1, -0.05) is 40.0 Å². The first-order valence-electron chi connectivity index (χ1n) is 8.61. The van der Waals surface area contributed by atoms with E-state index in [9.17, 15) is 0 Å². The molecule has 0 heteroatoms. The highest BCUT2D eigenvalue weighted by molar-refractivity contribution is 5.21. The van der Waals surface area contributed by atoms with Crippen molar-refractivity contribution in [2.75, 3.05) is 0 Å². The lowest BCUT2D eigenvalue weighted by Crippen LogP contribution is -1.88. The summed E-state index contributed by atoms with van der Waals surface area (Å²) in [4.78, 5) is 0. The first-order chi connectivity index (χ1) is 8.61. The van der Waals surface area contributed by atoms with Crippen molar-refractivity contribution < 1.29 is 0 Å². The van der Waals surface area contributed by atoms with Gasteiger partial charge < -0.3 is 0 Å². The van der Waals surface area contributed by atoms with Gasteiger partial charge >= 0.3 is 0 Å². The average molecular weight is 246 g/mol. The van der Waals surface area contributed by atoms with E-state index in [1.54, 1.807) is 32.1 Å². The number of hydrogen-bond acceptors (Lipinski definition) is 0. The minimum atomic E-state index is 0.879. The molecule has 7 atom stereocenters. The first kappa shape index (κ1) is 11.8. The zero-order valence-electron chi connectivity index (χ0n) is 12.5. The van der Waals surface area contributed by atoms with Crippen LogP contribution in [0.15, 0.2) is 0 Å². The molecule has 7 unspecified atom stereocenters. The summed E-state index contributed by atoms with van der Waals surface area (Å²) in [5.74, 6) is 5.52. The van der Waals surface area contributed by atoms with Crippen LogP contribution >= 0.6 is 0 Å². The smallest absolute Gasteiger partial charge is 0.0209 e. The summed E-state index contributed by atoms with van der Waals surface area (Å²) in [7, 11) is 0. The molecule has 0 bridgehead atoms. The molecule has 102 valence electrons. The van der Waals surface area contributed by atoms with Gasteiger partial charge in [0.25, 0.3) is 0 Å². The molecule has 4 fully saturated rings. The Hall–Kier alpha value is 0. The topological polar surface area (TPSA) is 0 Å². The molecule has 18 heavy (non-hydrogen) atoms. The molecule has 0 aliphatic heterocycles. The van der Waals surface area contributed by atoms with Crippen molar-refractivity contribution in [3.05, 3.63) is 0 Å². The van der Waals surface area contributed by atoms with Crippen LogP contribution in [0.25, 0.3) is 0 Å². The monoisotopic (exact) mass is 246 g/mol. The highest BCUT2D eigenvalue weighted by Crippen LogP contribution is 2.79. The van der Waals surface area contributed by atoms with Crippen molar-refractivity contribution in [3.8, 4) is 0 Å². The lowest BCUT2D eigenvalue weighted by molar-refractivity contribution is 0.514. The van der Waals surface area contributed by atoms with Crippen LogP contribution in [0.4, 0.5) is 0 Å². The van der Waals surface area contributed by atoms with E-state index in [2.05, 4.69) is 20.8 Å². The Labute approximate surface area is 113 Å². The van der Waals surface area contributed by atoms with Crippen LogP contribution in [-0.4, -0.2) is 0 Å². The van der Waals surface area contributed by atoms with E-state index in [1.807, 2.05) is 0 Å². The van der Waals surface area contributed by atoms with Crippen LogP contribution in [0.5, 0.6) is 0 Å². The van der Waals surface area contributed by atoms with Gasteiger partial charge in [0.05, 0.1) is 0 Å². The second-order valence-corrected chi connectivity index (χ2v) is 8.49. The van der Waals surface area contributed by atoms with Gasteiger partial charge in [0, 0.05) is 0 Å². The summed E-state index contributed by atoms with van der Waals surface area (Å²) in [6.45, 7) is 7.45. The van der Waals surface area contributed by atoms with Gasteiger partial charge in [-0.2, -0.15) is 0 Å². The van der Waals surface area contributed by atoms with Crippen molar-refractivity contribution >= 4 is 0 Å². The van der Waals surface area contributed by atoms with Crippen molar-refractivity contribution in [2.45, 2.75) is 72.1 Å². The SMILES string of the molecule is CC1CC12CC2CCCCCC1C(C)C12CC2C. The fraction of sp³-hybridized carbons (Fsp3) is 1.00. The molecule has 4 aliphatic carbocycles. The quantitative estimate of drug-likeness (QED) is 0.560. The first-order valence-corrected chi connectivity index (χ1v) is 8.61. The van der Waals surface area contributed by atoms with Gasteiger partial charge in [-0.15, -0.1) is 0 Å². The Morgan fingerprint density at radius 2 is 1.50 bits per heavy atom. The standard InChI is InChI=1S/C18H30/c1-12-9-17(12)11-15(17)7-5-4-6-8-16-14(3)18(16)10-13(18)2/h12-16H,4-11H2,1-3H3. The molecule has 0 saturated heterocycles. The Balaban J connectivity index is 1.09. The average Bonchev–Trinajstić information content (AvgIpc) is 3.23. The van der Waals surface area contributed by atoms with Gasteiger partial charge in [0.1, 0.15) is 0 Å². The van der Waals surface area contributed by atoms with Crippen molar-refractivity contribution in [1.82, 2.24) is 0 Å². The van der Waals surface area contributed by atoms with E-state index < -0.39 is 0 Å². The summed E-state index contributed by atoms with van der Waals surface area (Å²) in [6.07, 6.45) is 12.4. The van der Waals surface area contributed by atoms with Crippen LogP contribution in [0, 0.1) is 40.4 Å². The lowest BCUT2D eigenvalue weighted by atomic mass is 10.0. The second kappa shape index (κ2) is 3.55. The van der Waals surface area contributed by atoms with E-state index in [1.165, 1.54) is 19.3 Å². The predicted molar refractivity (Wildman–Crippen MR) is 76.3 cm³/mol. The van der Waals surface area contributed by atoms with Gasteiger partial charge in [-0.05, 0) is 72.5 Å². The summed E-state index contributed by atoms with van der Waals surface area (Å²) < 4.78 is 0. The third-order valence-corrected chi connectivity index (χ3v) is 7.80. The van der Waals surface area contributed by atoms with Gasteiger partial charge in [-0.3, -0.25) is 0 Å². The number of unbranched alkanes of at least 4 members (excludes halogenated alkanes) is 2. The van der Waals surface area contributed by atoms with Gasteiger partial charge in [0.15, 0.2) is 0 Å². The van der Waals surface area contributed by atoms with Gasteiger partial charge in [0.2, 0.25) is 0 Å².